The lowest BCUT2D eigenvalue weighted by molar-refractivity contribution is -0.384. The quantitative estimate of drug-likeness (QED) is 0.388. The second-order valence-electron chi connectivity index (χ2n) is 5.61. The van der Waals surface area contributed by atoms with Crippen LogP contribution in [0.2, 0.25) is 5.02 Å². The lowest BCUT2D eigenvalue weighted by Gasteiger charge is -2.08. The van der Waals surface area contributed by atoms with Crippen LogP contribution in [0, 0.1) is 10.1 Å². The molecule has 0 aliphatic rings. The molecule has 0 fully saturated rings. The summed E-state index contributed by atoms with van der Waals surface area (Å²) in [6.07, 6.45) is 0. The van der Waals surface area contributed by atoms with E-state index in [2.05, 4.69) is 36.8 Å². The molecule has 1 N–H and O–H groups in total. The first-order valence-electron chi connectivity index (χ1n) is 7.26. The predicted molar refractivity (Wildman–Crippen MR) is 109 cm³/mol. The third-order valence-electron chi connectivity index (χ3n) is 3.74. The highest BCUT2D eigenvalue weighted by Gasteiger charge is 2.23. The van der Waals surface area contributed by atoms with E-state index in [9.17, 15) is 23.3 Å². The molecule has 2 aromatic carbocycles. The molecule has 0 radical (unpaired) electrons. The van der Waals surface area contributed by atoms with Gasteiger partial charge in [0, 0.05) is 20.4 Å². The van der Waals surface area contributed by atoms with E-state index in [0.717, 1.165) is 6.07 Å². The van der Waals surface area contributed by atoms with Gasteiger partial charge >= 0.3 is 0 Å². The molecule has 0 saturated carbocycles. The Morgan fingerprint density at radius 3 is 2.52 bits per heavy atom. The fourth-order valence-corrected chi connectivity index (χ4v) is 5.46. The van der Waals surface area contributed by atoms with Crippen LogP contribution >= 0.6 is 43.5 Å². The van der Waals surface area contributed by atoms with Crippen molar-refractivity contribution in [2.45, 2.75) is 10.6 Å². The fourth-order valence-electron chi connectivity index (χ4n) is 2.53. The van der Waals surface area contributed by atoms with Gasteiger partial charge in [0.1, 0.15) is 9.92 Å². The summed E-state index contributed by atoms with van der Waals surface area (Å²) >= 11 is 12.4. The van der Waals surface area contributed by atoms with Crippen molar-refractivity contribution in [3.05, 3.63) is 76.4 Å². The van der Waals surface area contributed by atoms with E-state index in [0.29, 0.717) is 19.8 Å². The summed E-state index contributed by atoms with van der Waals surface area (Å²) in [6.45, 7) is 0. The molecule has 0 spiro atoms. The van der Waals surface area contributed by atoms with E-state index >= 15 is 0 Å². The minimum atomic E-state index is -4.06. The summed E-state index contributed by atoms with van der Waals surface area (Å²) in [5.41, 5.74) is -0.553. The van der Waals surface area contributed by atoms with Gasteiger partial charge in [0.25, 0.3) is 11.2 Å². The van der Waals surface area contributed by atoms with Gasteiger partial charge in [-0.25, -0.2) is 8.42 Å². The third kappa shape index (κ3) is 4.08. The molecule has 3 rings (SSSR count). The summed E-state index contributed by atoms with van der Waals surface area (Å²) in [5.74, 6) is -0.576. The highest BCUT2D eigenvalue weighted by Crippen LogP contribution is 2.29. The predicted octanol–water partition coefficient (Wildman–Crippen LogP) is 4.59. The number of benzene rings is 2. The highest BCUT2D eigenvalue weighted by molar-refractivity contribution is 9.11. The van der Waals surface area contributed by atoms with Crippen molar-refractivity contribution < 1.29 is 13.3 Å². The van der Waals surface area contributed by atoms with Gasteiger partial charge in [-0.2, -0.15) is 0 Å². The highest BCUT2D eigenvalue weighted by atomic mass is 79.9. The van der Waals surface area contributed by atoms with Crippen molar-refractivity contribution >= 4 is 69.9 Å². The van der Waals surface area contributed by atoms with Crippen LogP contribution in [-0.2, 0) is 15.6 Å². The van der Waals surface area contributed by atoms with Crippen molar-refractivity contribution in [3.8, 4) is 0 Å². The van der Waals surface area contributed by atoms with E-state index in [4.69, 9.17) is 11.6 Å². The smallest absolute Gasteiger partial charge is 0.288 e. The van der Waals surface area contributed by atoms with Crippen LogP contribution in [0.25, 0.3) is 10.9 Å². The van der Waals surface area contributed by atoms with Gasteiger partial charge < -0.3 is 4.98 Å². The first kappa shape index (κ1) is 20.0. The zero-order valence-electron chi connectivity index (χ0n) is 13.2. The number of nitrogens with zero attached hydrogens (tertiary/aromatic N) is 1. The molecule has 0 saturated heterocycles. The first-order valence-corrected chi connectivity index (χ1v) is 10.9. The zero-order chi connectivity index (χ0) is 19.9. The number of fused-ring (bicyclic) bond motifs is 1. The average molecular weight is 537 g/mol. The van der Waals surface area contributed by atoms with Gasteiger partial charge in [0.15, 0.2) is 9.84 Å². The van der Waals surface area contributed by atoms with Crippen LogP contribution in [0.4, 0.5) is 5.69 Å². The maximum atomic E-state index is 12.8. The van der Waals surface area contributed by atoms with E-state index < -0.39 is 36.7 Å². The summed E-state index contributed by atoms with van der Waals surface area (Å²) in [6, 6.07) is 8.37. The van der Waals surface area contributed by atoms with Crippen LogP contribution in [0.1, 0.15) is 5.56 Å². The van der Waals surface area contributed by atoms with E-state index in [-0.39, 0.29) is 10.6 Å². The molecule has 0 bridgehead atoms. The molecule has 11 heteroatoms. The fraction of sp³-hybridized carbons (Fsp3) is 0.0625. The third-order valence-corrected chi connectivity index (χ3v) is 6.86. The monoisotopic (exact) mass is 534 g/mol. The lowest BCUT2D eigenvalue weighted by Crippen LogP contribution is -2.19. The minimum Gasteiger partial charge on any atom is -0.321 e. The van der Waals surface area contributed by atoms with Crippen LogP contribution in [0.15, 0.2) is 55.0 Å². The van der Waals surface area contributed by atoms with Gasteiger partial charge in [0.2, 0.25) is 0 Å². The van der Waals surface area contributed by atoms with Gasteiger partial charge in [0.05, 0.1) is 16.2 Å². The van der Waals surface area contributed by atoms with Gasteiger partial charge in [-0.3, -0.25) is 14.9 Å². The Morgan fingerprint density at radius 1 is 1.15 bits per heavy atom. The number of hydrogen-bond acceptors (Lipinski definition) is 5. The minimum absolute atomic E-state index is 0.0980. The first-order chi connectivity index (χ1) is 12.6. The molecule has 0 aliphatic heterocycles. The van der Waals surface area contributed by atoms with Crippen LogP contribution in [0.3, 0.4) is 0 Å². The number of pyridine rings is 1. The molecule has 1 aromatic heterocycles. The SMILES string of the molecule is O=c1[nH]c2cc(Br)cc(Br)c2cc1S(=O)(=O)Cc1ccc(Cl)c([N+](=O)[O-])c1. The molecule has 0 aliphatic carbocycles. The molecular weight excluding hydrogens is 528 g/mol. The number of aromatic amines is 1. The number of nitro groups is 1. The molecule has 140 valence electrons. The maximum Gasteiger partial charge on any atom is 0.288 e. The second-order valence-corrected chi connectivity index (χ2v) is 9.75. The average Bonchev–Trinajstić information content (AvgIpc) is 2.55. The molecule has 27 heavy (non-hydrogen) atoms. The number of rotatable bonds is 4. The lowest BCUT2D eigenvalue weighted by atomic mass is 10.2. The Hall–Kier alpha value is -1.75. The molecule has 7 nitrogen and oxygen atoms in total. The van der Waals surface area contributed by atoms with Crippen LogP contribution in [0.5, 0.6) is 0 Å². The molecule has 0 amide bonds. The maximum absolute atomic E-state index is 12.8. The molecule has 1 heterocycles. The molecule has 0 atom stereocenters. The van der Waals surface area contributed by atoms with Gasteiger partial charge in [-0.1, -0.05) is 49.5 Å². The van der Waals surface area contributed by atoms with E-state index in [1.165, 1.54) is 18.2 Å². The molecule has 3 aromatic rings. The Bertz CT molecular complexity index is 1260. The Labute approximate surface area is 174 Å². The van der Waals surface area contributed by atoms with Gasteiger partial charge in [-0.05, 0) is 29.8 Å². The number of sulfone groups is 1. The number of hydrogen-bond donors (Lipinski definition) is 1. The topological polar surface area (TPSA) is 110 Å². The standard InChI is InChI=1S/C16H9Br2ClN2O5S/c17-9-4-11(18)10-6-15(16(22)20-13(10)5-9)27(25,26)7-8-1-2-12(19)14(3-8)21(23)24/h1-6H,7H2,(H,20,22). The summed E-state index contributed by atoms with van der Waals surface area (Å²) < 4.78 is 26.8. The van der Waals surface area contributed by atoms with Crippen LogP contribution in [-0.4, -0.2) is 18.3 Å². The zero-order valence-corrected chi connectivity index (χ0v) is 17.9. The summed E-state index contributed by atoms with van der Waals surface area (Å²) in [7, 11) is -4.06. The Kier molecular flexibility index (Phi) is 5.44. The number of aromatic nitrogens is 1. The van der Waals surface area contributed by atoms with E-state index in [1.54, 1.807) is 12.1 Å². The van der Waals surface area contributed by atoms with Gasteiger partial charge in [-0.15, -0.1) is 0 Å². The van der Waals surface area contributed by atoms with Crippen molar-refractivity contribution in [2.75, 3.05) is 0 Å². The number of H-pyrrole nitrogens is 1. The normalized spacial score (nSPS) is 11.7. The van der Waals surface area contributed by atoms with Crippen molar-refractivity contribution in [3.63, 3.8) is 0 Å². The number of nitrogens with one attached hydrogen (secondary N) is 1. The van der Waals surface area contributed by atoms with Crippen molar-refractivity contribution in [1.82, 2.24) is 4.98 Å². The van der Waals surface area contributed by atoms with Crippen LogP contribution < -0.4 is 5.56 Å². The summed E-state index contributed by atoms with van der Waals surface area (Å²) in [5, 5.41) is 11.4. The summed E-state index contributed by atoms with van der Waals surface area (Å²) in [4.78, 5) is 24.7. The number of halogens is 3. The molecule has 0 unspecified atom stereocenters. The number of nitro benzene ring substituents is 1. The van der Waals surface area contributed by atoms with Crippen molar-refractivity contribution in [2.24, 2.45) is 0 Å². The largest absolute Gasteiger partial charge is 0.321 e. The Morgan fingerprint density at radius 2 is 1.85 bits per heavy atom. The van der Waals surface area contributed by atoms with Crippen molar-refractivity contribution in [1.29, 1.82) is 0 Å². The second kappa shape index (κ2) is 7.34. The molecular formula is C16H9Br2ClN2O5S. The Balaban J connectivity index is 2.10. The van der Waals surface area contributed by atoms with E-state index in [1.807, 2.05) is 0 Å².